The molecule has 0 fully saturated rings. The summed E-state index contributed by atoms with van der Waals surface area (Å²) in [5, 5.41) is 0.553. The van der Waals surface area contributed by atoms with Gasteiger partial charge in [0.1, 0.15) is 17.3 Å². The van der Waals surface area contributed by atoms with Gasteiger partial charge in [-0.2, -0.15) is 0 Å². The number of halogens is 1. The second kappa shape index (κ2) is 5.91. The summed E-state index contributed by atoms with van der Waals surface area (Å²) >= 11 is 5.98. The van der Waals surface area contributed by atoms with Crippen molar-refractivity contribution in [2.24, 2.45) is 0 Å². The number of aromatic nitrogens is 2. The van der Waals surface area contributed by atoms with Crippen LogP contribution in [-0.2, 0) is 0 Å². The monoisotopic (exact) mass is 227 g/mol. The molecule has 3 nitrogen and oxygen atoms in total. The zero-order chi connectivity index (χ0) is 11.3. The van der Waals surface area contributed by atoms with Crippen LogP contribution in [-0.4, -0.2) is 23.1 Å². The molecule has 0 N–H and O–H groups in total. The summed E-state index contributed by atoms with van der Waals surface area (Å²) in [5.41, 5.74) is 0.973. The average molecular weight is 228 g/mol. The van der Waals surface area contributed by atoms with Crippen LogP contribution in [0.5, 0.6) is 0 Å². The topological polar surface area (TPSA) is 29.0 Å². The Morgan fingerprint density at radius 3 is 2.33 bits per heavy atom. The number of anilines is 1. The van der Waals surface area contributed by atoms with Crippen LogP contribution in [0.15, 0.2) is 6.33 Å². The minimum Gasteiger partial charge on any atom is -0.356 e. The van der Waals surface area contributed by atoms with Gasteiger partial charge in [-0.05, 0) is 19.8 Å². The van der Waals surface area contributed by atoms with Gasteiger partial charge in [-0.15, -0.1) is 0 Å². The smallest absolute Gasteiger partial charge is 0.137 e. The van der Waals surface area contributed by atoms with Crippen molar-refractivity contribution in [2.75, 3.05) is 18.0 Å². The molecule has 15 heavy (non-hydrogen) atoms. The number of hydrogen-bond acceptors (Lipinski definition) is 3. The number of hydrogen-bond donors (Lipinski definition) is 0. The fraction of sp³-hybridized carbons (Fsp3) is 0.636. The van der Waals surface area contributed by atoms with E-state index >= 15 is 0 Å². The first kappa shape index (κ1) is 12.2. The molecule has 0 saturated heterocycles. The molecule has 0 unspecified atom stereocenters. The third kappa shape index (κ3) is 3.06. The maximum Gasteiger partial charge on any atom is 0.137 e. The maximum atomic E-state index is 5.98. The van der Waals surface area contributed by atoms with Crippen molar-refractivity contribution < 1.29 is 0 Å². The molecule has 84 valence electrons. The van der Waals surface area contributed by atoms with Crippen LogP contribution in [0.25, 0.3) is 0 Å². The molecule has 0 aromatic carbocycles. The van der Waals surface area contributed by atoms with E-state index in [9.17, 15) is 0 Å². The highest BCUT2D eigenvalue weighted by Gasteiger charge is 2.11. The fourth-order valence-electron chi connectivity index (χ4n) is 1.60. The molecule has 0 bridgehead atoms. The van der Waals surface area contributed by atoms with Crippen LogP contribution in [0.4, 0.5) is 5.82 Å². The Balaban J connectivity index is 2.94. The summed E-state index contributed by atoms with van der Waals surface area (Å²) in [7, 11) is 0. The molecule has 0 radical (unpaired) electrons. The minimum atomic E-state index is 0.553. The first-order valence-electron chi connectivity index (χ1n) is 5.42. The van der Waals surface area contributed by atoms with E-state index in [1.54, 1.807) is 0 Å². The molecule has 0 aliphatic heterocycles. The Morgan fingerprint density at radius 2 is 1.80 bits per heavy atom. The van der Waals surface area contributed by atoms with Gasteiger partial charge in [0.05, 0.1) is 0 Å². The van der Waals surface area contributed by atoms with Gasteiger partial charge in [0.15, 0.2) is 0 Å². The van der Waals surface area contributed by atoms with Crippen molar-refractivity contribution in [1.29, 1.82) is 0 Å². The average Bonchev–Trinajstić information content (AvgIpc) is 2.22. The van der Waals surface area contributed by atoms with E-state index in [4.69, 9.17) is 11.6 Å². The lowest BCUT2D eigenvalue weighted by Crippen LogP contribution is -2.26. The zero-order valence-corrected chi connectivity index (χ0v) is 10.4. The Labute approximate surface area is 96.5 Å². The highest BCUT2D eigenvalue weighted by molar-refractivity contribution is 6.30. The van der Waals surface area contributed by atoms with Crippen LogP contribution in [0.1, 0.15) is 32.3 Å². The van der Waals surface area contributed by atoms with Crippen molar-refractivity contribution in [3.05, 3.63) is 17.0 Å². The standard InChI is InChI=1S/C11H18ClN3/c1-4-6-15(7-5-2)11-9(3)10(12)13-8-14-11/h8H,4-7H2,1-3H3. The molecule has 0 aliphatic carbocycles. The Bertz CT molecular complexity index is 309. The van der Waals surface area contributed by atoms with Gasteiger partial charge in [-0.3, -0.25) is 0 Å². The molecule has 1 aromatic rings. The van der Waals surface area contributed by atoms with Crippen molar-refractivity contribution in [3.8, 4) is 0 Å². The van der Waals surface area contributed by atoms with E-state index < -0.39 is 0 Å². The Kier molecular flexibility index (Phi) is 4.82. The largest absolute Gasteiger partial charge is 0.356 e. The Hall–Kier alpha value is -0.830. The van der Waals surface area contributed by atoms with Gasteiger partial charge in [-0.25, -0.2) is 9.97 Å². The van der Waals surface area contributed by atoms with E-state index in [1.807, 2.05) is 6.92 Å². The van der Waals surface area contributed by atoms with Gasteiger partial charge in [-0.1, -0.05) is 25.4 Å². The predicted octanol–water partition coefficient (Wildman–Crippen LogP) is 3.06. The highest BCUT2D eigenvalue weighted by Crippen LogP contribution is 2.22. The SMILES string of the molecule is CCCN(CCC)c1ncnc(Cl)c1C. The third-order valence-corrected chi connectivity index (χ3v) is 2.66. The molecule has 1 aromatic heterocycles. The quantitative estimate of drug-likeness (QED) is 0.724. The summed E-state index contributed by atoms with van der Waals surface area (Å²) in [4.78, 5) is 10.5. The van der Waals surface area contributed by atoms with E-state index in [2.05, 4.69) is 28.7 Å². The van der Waals surface area contributed by atoms with Crippen molar-refractivity contribution in [3.63, 3.8) is 0 Å². The first-order chi connectivity index (χ1) is 7.20. The van der Waals surface area contributed by atoms with Crippen LogP contribution in [0, 0.1) is 6.92 Å². The van der Waals surface area contributed by atoms with Crippen LogP contribution in [0.2, 0.25) is 5.15 Å². The van der Waals surface area contributed by atoms with E-state index in [0.717, 1.165) is 37.3 Å². The van der Waals surface area contributed by atoms with Gasteiger partial charge in [0, 0.05) is 18.7 Å². The second-order valence-corrected chi connectivity index (χ2v) is 3.96. The molecule has 1 rings (SSSR count). The minimum absolute atomic E-state index is 0.553. The van der Waals surface area contributed by atoms with E-state index in [-0.39, 0.29) is 0 Å². The van der Waals surface area contributed by atoms with Crippen molar-refractivity contribution in [1.82, 2.24) is 9.97 Å². The van der Waals surface area contributed by atoms with E-state index in [0.29, 0.717) is 5.15 Å². The molecule has 0 spiro atoms. The molecule has 1 heterocycles. The summed E-state index contributed by atoms with van der Waals surface area (Å²) in [5.74, 6) is 0.971. The van der Waals surface area contributed by atoms with Crippen molar-refractivity contribution >= 4 is 17.4 Å². The molecule has 0 aliphatic rings. The third-order valence-electron chi connectivity index (χ3n) is 2.28. The molecule has 0 amide bonds. The maximum absolute atomic E-state index is 5.98. The normalized spacial score (nSPS) is 10.4. The Morgan fingerprint density at radius 1 is 1.20 bits per heavy atom. The van der Waals surface area contributed by atoms with Gasteiger partial charge in [0.25, 0.3) is 0 Å². The molecule has 0 saturated carbocycles. The van der Waals surface area contributed by atoms with Gasteiger partial charge < -0.3 is 4.90 Å². The van der Waals surface area contributed by atoms with E-state index in [1.165, 1.54) is 6.33 Å². The number of nitrogens with zero attached hydrogens (tertiary/aromatic N) is 3. The zero-order valence-electron chi connectivity index (χ0n) is 9.63. The summed E-state index contributed by atoms with van der Waals surface area (Å²) < 4.78 is 0. The van der Waals surface area contributed by atoms with Crippen LogP contribution >= 0.6 is 11.6 Å². The van der Waals surface area contributed by atoms with Gasteiger partial charge >= 0.3 is 0 Å². The lowest BCUT2D eigenvalue weighted by molar-refractivity contribution is 0.729. The lowest BCUT2D eigenvalue weighted by Gasteiger charge is -2.24. The molecule has 0 atom stereocenters. The van der Waals surface area contributed by atoms with Gasteiger partial charge in [0.2, 0.25) is 0 Å². The molecular weight excluding hydrogens is 210 g/mol. The van der Waals surface area contributed by atoms with Crippen LogP contribution in [0.3, 0.4) is 0 Å². The molecule has 4 heteroatoms. The van der Waals surface area contributed by atoms with Crippen LogP contribution < -0.4 is 4.90 Å². The predicted molar refractivity (Wildman–Crippen MR) is 64.6 cm³/mol. The number of rotatable bonds is 5. The van der Waals surface area contributed by atoms with Crippen molar-refractivity contribution in [2.45, 2.75) is 33.6 Å². The molecular formula is C11H18ClN3. The summed E-state index contributed by atoms with van der Waals surface area (Å²) in [6.45, 7) is 8.33. The fourth-order valence-corrected chi connectivity index (χ4v) is 1.73. The second-order valence-electron chi connectivity index (χ2n) is 3.60. The summed E-state index contributed by atoms with van der Waals surface area (Å²) in [6, 6.07) is 0. The first-order valence-corrected chi connectivity index (χ1v) is 5.80. The lowest BCUT2D eigenvalue weighted by atomic mass is 10.3. The highest BCUT2D eigenvalue weighted by atomic mass is 35.5. The summed E-state index contributed by atoms with van der Waals surface area (Å²) in [6.07, 6.45) is 3.76.